The molecule has 0 bridgehead atoms. The topological polar surface area (TPSA) is 89.9 Å². The van der Waals surface area contributed by atoms with Crippen molar-refractivity contribution in [3.8, 4) is 17.2 Å². The quantitative estimate of drug-likeness (QED) is 0.764. The molecule has 4 rings (SSSR count). The predicted octanol–water partition coefficient (Wildman–Crippen LogP) is 2.91. The molecule has 0 saturated carbocycles. The van der Waals surface area contributed by atoms with Gasteiger partial charge in [0, 0.05) is 17.6 Å². The molecule has 2 aromatic carbocycles. The second kappa shape index (κ2) is 6.40. The summed E-state index contributed by atoms with van der Waals surface area (Å²) in [4.78, 5) is 16.0. The Bertz CT molecular complexity index is 1120. The lowest BCUT2D eigenvalue weighted by molar-refractivity contribution is -0.116. The molecule has 0 fully saturated rings. The number of amides is 1. The molecule has 0 aliphatic carbocycles. The molecular formula is C18H15N3O4S. The Hall–Kier alpha value is -2.97. The van der Waals surface area contributed by atoms with Crippen molar-refractivity contribution in [2.45, 2.75) is 4.90 Å². The van der Waals surface area contributed by atoms with Gasteiger partial charge < -0.3 is 9.47 Å². The molecule has 1 unspecified atom stereocenters. The van der Waals surface area contributed by atoms with Crippen LogP contribution in [0.25, 0.3) is 10.9 Å². The van der Waals surface area contributed by atoms with E-state index in [9.17, 15) is 9.00 Å². The van der Waals surface area contributed by atoms with Gasteiger partial charge in [-0.15, -0.1) is 4.36 Å². The zero-order valence-corrected chi connectivity index (χ0v) is 14.7. The van der Waals surface area contributed by atoms with E-state index in [1.54, 1.807) is 43.6 Å². The molecule has 1 aliphatic heterocycles. The second-order valence-corrected chi connectivity index (χ2v) is 7.59. The van der Waals surface area contributed by atoms with Gasteiger partial charge in [0.2, 0.25) is 0 Å². The van der Waals surface area contributed by atoms with E-state index < -0.39 is 15.8 Å². The Morgan fingerprint density at radius 1 is 1.08 bits per heavy atom. The van der Waals surface area contributed by atoms with E-state index in [0.717, 1.165) is 16.7 Å². The molecule has 0 spiro atoms. The average molecular weight is 369 g/mol. The molecule has 7 nitrogen and oxygen atoms in total. The van der Waals surface area contributed by atoms with Crippen molar-refractivity contribution in [2.75, 3.05) is 13.7 Å². The maximum atomic E-state index is 12.5. The Morgan fingerprint density at radius 2 is 1.85 bits per heavy atom. The van der Waals surface area contributed by atoms with Gasteiger partial charge in [-0.3, -0.25) is 9.78 Å². The van der Waals surface area contributed by atoms with Gasteiger partial charge in [0.15, 0.2) is 0 Å². The second-order valence-electron chi connectivity index (χ2n) is 5.60. The maximum Gasteiger partial charge on any atom is 0.270 e. The highest BCUT2D eigenvalue weighted by Crippen LogP contribution is 2.31. The van der Waals surface area contributed by atoms with Crippen LogP contribution in [0, 0.1) is 0 Å². The van der Waals surface area contributed by atoms with Crippen LogP contribution < -0.4 is 14.2 Å². The molecule has 0 radical (unpaired) electrons. The first-order valence-electron chi connectivity index (χ1n) is 7.83. The molecule has 132 valence electrons. The Balaban J connectivity index is 1.64. The molecule has 1 aromatic heterocycles. The number of ether oxygens (including phenoxy) is 2. The van der Waals surface area contributed by atoms with Crippen LogP contribution >= 0.6 is 0 Å². The Morgan fingerprint density at radius 3 is 2.54 bits per heavy atom. The van der Waals surface area contributed by atoms with Crippen LogP contribution in [0.5, 0.6) is 17.2 Å². The Labute approximate surface area is 150 Å². The largest absolute Gasteiger partial charge is 0.497 e. The molecule has 3 aromatic rings. The lowest BCUT2D eigenvalue weighted by atomic mass is 10.2. The van der Waals surface area contributed by atoms with Crippen LogP contribution in [0.1, 0.15) is 0 Å². The number of benzene rings is 2. The third-order valence-electron chi connectivity index (χ3n) is 3.93. The highest BCUT2D eigenvalue weighted by atomic mass is 32.2. The van der Waals surface area contributed by atoms with Crippen LogP contribution in [-0.4, -0.2) is 28.8 Å². The van der Waals surface area contributed by atoms with Crippen LogP contribution in [0.2, 0.25) is 0 Å². The van der Waals surface area contributed by atoms with Crippen molar-refractivity contribution >= 4 is 26.7 Å². The number of hydrogen-bond acceptors (Lipinski definition) is 5. The van der Waals surface area contributed by atoms with Gasteiger partial charge >= 0.3 is 0 Å². The van der Waals surface area contributed by atoms with Gasteiger partial charge in [-0.05, 0) is 42.5 Å². The number of nitrogens with zero attached hydrogens (tertiary/aromatic N) is 2. The molecular weight excluding hydrogens is 354 g/mol. The number of nitrogens with one attached hydrogen (secondary N) is 1. The SMILES string of the molecule is COc1ccc2c(Oc3ccc(S4(=O)=NC(=O)CN4)cc3)ccnc2c1. The molecule has 2 heterocycles. The third-order valence-corrected chi connectivity index (χ3v) is 5.84. The van der Waals surface area contributed by atoms with Crippen molar-refractivity contribution in [3.05, 3.63) is 54.7 Å². The van der Waals surface area contributed by atoms with Gasteiger partial charge in [0.25, 0.3) is 5.91 Å². The molecule has 0 saturated heterocycles. The summed E-state index contributed by atoms with van der Waals surface area (Å²) < 4.78 is 30.0. The summed E-state index contributed by atoms with van der Waals surface area (Å²) in [6.45, 7) is -0.0104. The van der Waals surface area contributed by atoms with E-state index in [2.05, 4.69) is 14.1 Å². The van der Waals surface area contributed by atoms with Crippen molar-refractivity contribution in [1.29, 1.82) is 0 Å². The van der Waals surface area contributed by atoms with Crippen LogP contribution in [0.15, 0.2) is 64.0 Å². The molecule has 26 heavy (non-hydrogen) atoms. The van der Waals surface area contributed by atoms with Gasteiger partial charge in [-0.25, -0.2) is 8.93 Å². The highest BCUT2D eigenvalue weighted by molar-refractivity contribution is 7.92. The van der Waals surface area contributed by atoms with E-state index in [1.165, 1.54) is 0 Å². The summed E-state index contributed by atoms with van der Waals surface area (Å²) in [7, 11) is -1.26. The Kier molecular flexibility index (Phi) is 4.06. The third kappa shape index (κ3) is 3.00. The molecule has 1 atom stereocenters. The summed E-state index contributed by atoms with van der Waals surface area (Å²) in [6.07, 6.45) is 1.66. The molecule has 1 N–H and O–H groups in total. The van der Waals surface area contributed by atoms with Crippen molar-refractivity contribution in [1.82, 2.24) is 9.71 Å². The van der Waals surface area contributed by atoms with E-state index in [4.69, 9.17) is 9.47 Å². The van der Waals surface area contributed by atoms with Crippen LogP contribution in [-0.2, 0) is 14.7 Å². The fraction of sp³-hybridized carbons (Fsp3) is 0.111. The number of fused-ring (bicyclic) bond motifs is 1. The van der Waals surface area contributed by atoms with Gasteiger partial charge in [-0.1, -0.05) is 0 Å². The number of aromatic nitrogens is 1. The average Bonchev–Trinajstić information content (AvgIpc) is 3.02. The number of hydrogen-bond donors (Lipinski definition) is 1. The number of carbonyl (C=O) groups is 1. The summed E-state index contributed by atoms with van der Waals surface area (Å²) in [5, 5.41) is 0.848. The van der Waals surface area contributed by atoms with E-state index in [-0.39, 0.29) is 6.54 Å². The van der Waals surface area contributed by atoms with Crippen LogP contribution in [0.3, 0.4) is 0 Å². The van der Waals surface area contributed by atoms with Gasteiger partial charge in [0.05, 0.1) is 24.1 Å². The lowest BCUT2D eigenvalue weighted by Gasteiger charge is -2.10. The predicted molar refractivity (Wildman–Crippen MR) is 96.7 cm³/mol. The minimum atomic E-state index is -2.87. The zero-order valence-electron chi connectivity index (χ0n) is 13.8. The molecule has 1 aliphatic rings. The van der Waals surface area contributed by atoms with Gasteiger partial charge in [0.1, 0.15) is 27.2 Å². The normalized spacial score (nSPS) is 19.3. The van der Waals surface area contributed by atoms with Crippen molar-refractivity contribution in [2.24, 2.45) is 4.36 Å². The fourth-order valence-corrected chi connectivity index (χ4v) is 4.15. The smallest absolute Gasteiger partial charge is 0.270 e. The fourth-order valence-electron chi connectivity index (χ4n) is 2.64. The number of methoxy groups -OCH3 is 1. The van der Waals surface area contributed by atoms with E-state index in [0.29, 0.717) is 16.4 Å². The van der Waals surface area contributed by atoms with Gasteiger partial charge in [-0.2, -0.15) is 0 Å². The first-order chi connectivity index (χ1) is 12.6. The molecule has 1 amide bonds. The highest BCUT2D eigenvalue weighted by Gasteiger charge is 2.22. The summed E-state index contributed by atoms with van der Waals surface area (Å²) in [6, 6.07) is 14.0. The number of carbonyl (C=O) groups excluding carboxylic acids is 1. The minimum absolute atomic E-state index is 0.0104. The van der Waals surface area contributed by atoms with E-state index >= 15 is 0 Å². The summed E-state index contributed by atoms with van der Waals surface area (Å²) >= 11 is 0. The zero-order chi connectivity index (χ0) is 18.1. The summed E-state index contributed by atoms with van der Waals surface area (Å²) in [5.41, 5.74) is 0.758. The first-order valence-corrected chi connectivity index (χ1v) is 9.34. The molecule has 8 heteroatoms. The first kappa shape index (κ1) is 16.5. The van der Waals surface area contributed by atoms with Crippen LogP contribution in [0.4, 0.5) is 0 Å². The number of pyridine rings is 1. The maximum absolute atomic E-state index is 12.5. The van der Waals surface area contributed by atoms with Crippen molar-refractivity contribution in [3.63, 3.8) is 0 Å². The monoisotopic (exact) mass is 369 g/mol. The number of rotatable bonds is 4. The lowest BCUT2D eigenvalue weighted by Crippen LogP contribution is -2.19. The van der Waals surface area contributed by atoms with Crippen molar-refractivity contribution < 1.29 is 18.5 Å². The van der Waals surface area contributed by atoms with E-state index in [1.807, 2.05) is 18.2 Å². The summed E-state index contributed by atoms with van der Waals surface area (Å²) in [5.74, 6) is 1.53. The standard InChI is InChI=1S/C18H15N3O4S/c1-24-13-4-7-15-16(10-13)19-9-8-17(15)25-12-2-5-14(6-3-12)26(23)20-11-18(22)21-26/h2-10H,11H2,1H3,(H,20,21,22,23). The minimum Gasteiger partial charge on any atom is -0.497 e.